The zero-order valence-electron chi connectivity index (χ0n) is 14.5. The topological polar surface area (TPSA) is 23.6 Å². The van der Waals surface area contributed by atoms with E-state index in [9.17, 15) is 4.79 Å². The van der Waals surface area contributed by atoms with Crippen LogP contribution < -0.4 is 0 Å². The molecule has 21 heavy (non-hydrogen) atoms. The molecular weight excluding hydrogens is 260 g/mol. The van der Waals surface area contributed by atoms with Crippen molar-refractivity contribution in [3.05, 3.63) is 0 Å². The summed E-state index contributed by atoms with van der Waals surface area (Å²) in [4.78, 5) is 17.4. The average molecular weight is 294 g/mol. The Hall–Kier alpha value is -0.410. The molecule has 0 amide bonds. The van der Waals surface area contributed by atoms with Crippen LogP contribution in [0.2, 0.25) is 0 Å². The fourth-order valence-electron chi connectivity index (χ4n) is 4.00. The van der Waals surface area contributed by atoms with Crippen molar-refractivity contribution in [2.75, 3.05) is 32.7 Å². The maximum Gasteiger partial charge on any atom is 0.138 e. The molecule has 0 aromatic carbocycles. The van der Waals surface area contributed by atoms with Crippen LogP contribution >= 0.6 is 0 Å². The first-order chi connectivity index (χ1) is 9.97. The summed E-state index contributed by atoms with van der Waals surface area (Å²) in [6, 6.07) is 0.767. The van der Waals surface area contributed by atoms with Gasteiger partial charge in [0, 0.05) is 24.4 Å². The van der Waals surface area contributed by atoms with Gasteiger partial charge in [-0.1, -0.05) is 27.7 Å². The van der Waals surface area contributed by atoms with Crippen molar-refractivity contribution in [2.45, 2.75) is 59.4 Å². The Morgan fingerprint density at radius 1 is 0.952 bits per heavy atom. The van der Waals surface area contributed by atoms with Crippen LogP contribution in [-0.4, -0.2) is 54.3 Å². The lowest BCUT2D eigenvalue weighted by Crippen LogP contribution is -2.49. The second-order valence-electron chi connectivity index (χ2n) is 7.79. The van der Waals surface area contributed by atoms with Gasteiger partial charge in [0.2, 0.25) is 0 Å². The highest BCUT2D eigenvalue weighted by molar-refractivity contribution is 5.82. The second kappa shape index (κ2) is 7.73. The first-order valence-electron chi connectivity index (χ1n) is 8.97. The summed E-state index contributed by atoms with van der Waals surface area (Å²) in [5.41, 5.74) is 0. The SMILES string of the molecule is CC(C)CN1CCC(N2CCC(C(=O)C(C)C)CC2)CC1. The number of carbonyl (C=O) groups excluding carboxylic acids is 1. The fourth-order valence-corrected chi connectivity index (χ4v) is 4.00. The molecule has 2 saturated heterocycles. The molecule has 2 fully saturated rings. The predicted molar refractivity (Wildman–Crippen MR) is 88.4 cm³/mol. The molecule has 3 nitrogen and oxygen atoms in total. The summed E-state index contributed by atoms with van der Waals surface area (Å²) in [6.45, 7) is 14.7. The van der Waals surface area contributed by atoms with E-state index in [-0.39, 0.29) is 5.92 Å². The van der Waals surface area contributed by atoms with E-state index < -0.39 is 0 Å². The lowest BCUT2D eigenvalue weighted by molar-refractivity contribution is -0.127. The van der Waals surface area contributed by atoms with Gasteiger partial charge in [-0.15, -0.1) is 0 Å². The van der Waals surface area contributed by atoms with Crippen molar-refractivity contribution in [1.82, 2.24) is 9.80 Å². The van der Waals surface area contributed by atoms with Crippen LogP contribution in [0.25, 0.3) is 0 Å². The van der Waals surface area contributed by atoms with E-state index in [0.717, 1.165) is 37.9 Å². The van der Waals surface area contributed by atoms with Crippen LogP contribution in [0.15, 0.2) is 0 Å². The third-order valence-corrected chi connectivity index (χ3v) is 5.20. The maximum absolute atomic E-state index is 12.1. The van der Waals surface area contributed by atoms with Gasteiger partial charge in [0.15, 0.2) is 0 Å². The van der Waals surface area contributed by atoms with Crippen LogP contribution in [0.1, 0.15) is 53.4 Å². The summed E-state index contributed by atoms with van der Waals surface area (Å²) in [7, 11) is 0. The monoisotopic (exact) mass is 294 g/mol. The summed E-state index contributed by atoms with van der Waals surface area (Å²) < 4.78 is 0. The van der Waals surface area contributed by atoms with Crippen molar-refractivity contribution in [3.63, 3.8) is 0 Å². The number of rotatable bonds is 5. The Kier molecular flexibility index (Phi) is 6.24. The average Bonchev–Trinajstić information content (AvgIpc) is 2.47. The van der Waals surface area contributed by atoms with Crippen molar-refractivity contribution >= 4 is 5.78 Å². The molecule has 0 atom stereocenters. The van der Waals surface area contributed by atoms with Gasteiger partial charge in [-0.3, -0.25) is 4.79 Å². The van der Waals surface area contributed by atoms with Gasteiger partial charge in [0.25, 0.3) is 0 Å². The molecule has 2 aliphatic heterocycles. The van der Waals surface area contributed by atoms with Crippen LogP contribution in [0.4, 0.5) is 0 Å². The number of likely N-dealkylation sites (tertiary alicyclic amines) is 2. The minimum absolute atomic E-state index is 0.209. The highest BCUT2D eigenvalue weighted by Gasteiger charge is 2.31. The first-order valence-corrected chi connectivity index (χ1v) is 8.97. The van der Waals surface area contributed by atoms with Crippen molar-refractivity contribution in [3.8, 4) is 0 Å². The van der Waals surface area contributed by atoms with Crippen molar-refractivity contribution < 1.29 is 4.79 Å². The van der Waals surface area contributed by atoms with Crippen molar-refractivity contribution in [1.29, 1.82) is 0 Å². The number of hydrogen-bond acceptors (Lipinski definition) is 3. The molecule has 3 heteroatoms. The summed E-state index contributed by atoms with van der Waals surface area (Å²) >= 11 is 0. The molecule has 2 rings (SSSR count). The standard InChI is InChI=1S/C18H34N2O/c1-14(2)13-19-9-7-17(8-10-19)20-11-5-16(6-12-20)18(21)15(3)4/h14-17H,5-13H2,1-4H3. The number of ketones is 1. The Morgan fingerprint density at radius 3 is 2.00 bits per heavy atom. The van der Waals surface area contributed by atoms with E-state index in [0.29, 0.717) is 11.7 Å². The molecule has 0 N–H and O–H groups in total. The van der Waals surface area contributed by atoms with Crippen LogP contribution in [0, 0.1) is 17.8 Å². The molecule has 122 valence electrons. The molecule has 0 bridgehead atoms. The maximum atomic E-state index is 12.1. The molecule has 2 aliphatic rings. The molecule has 0 aromatic heterocycles. The third-order valence-electron chi connectivity index (χ3n) is 5.20. The molecule has 0 unspecified atom stereocenters. The minimum Gasteiger partial charge on any atom is -0.303 e. The quantitative estimate of drug-likeness (QED) is 0.778. The molecule has 0 radical (unpaired) electrons. The van der Waals surface area contributed by atoms with Gasteiger partial charge in [-0.25, -0.2) is 0 Å². The number of piperidine rings is 2. The van der Waals surface area contributed by atoms with Crippen LogP contribution in [-0.2, 0) is 4.79 Å². The van der Waals surface area contributed by atoms with Gasteiger partial charge in [-0.05, 0) is 57.8 Å². The Bertz CT molecular complexity index is 324. The Labute approximate surface area is 131 Å². The minimum atomic E-state index is 0.209. The van der Waals surface area contributed by atoms with E-state index >= 15 is 0 Å². The van der Waals surface area contributed by atoms with Gasteiger partial charge >= 0.3 is 0 Å². The second-order valence-corrected chi connectivity index (χ2v) is 7.79. The van der Waals surface area contributed by atoms with E-state index in [1.54, 1.807) is 0 Å². The zero-order valence-corrected chi connectivity index (χ0v) is 14.5. The van der Waals surface area contributed by atoms with Gasteiger partial charge in [-0.2, -0.15) is 0 Å². The van der Waals surface area contributed by atoms with Crippen molar-refractivity contribution in [2.24, 2.45) is 17.8 Å². The Morgan fingerprint density at radius 2 is 1.52 bits per heavy atom. The van der Waals surface area contributed by atoms with Gasteiger partial charge in [0.1, 0.15) is 5.78 Å². The number of carbonyl (C=O) groups is 1. The molecule has 0 aromatic rings. The van der Waals surface area contributed by atoms with E-state index in [4.69, 9.17) is 0 Å². The highest BCUT2D eigenvalue weighted by Crippen LogP contribution is 2.26. The number of nitrogens with zero attached hydrogens (tertiary/aromatic N) is 2. The largest absolute Gasteiger partial charge is 0.303 e. The summed E-state index contributed by atoms with van der Waals surface area (Å²) in [6.07, 6.45) is 4.80. The molecular formula is C18H34N2O. The smallest absolute Gasteiger partial charge is 0.138 e. The summed E-state index contributed by atoms with van der Waals surface area (Å²) in [5.74, 6) is 1.81. The van der Waals surface area contributed by atoms with Gasteiger partial charge < -0.3 is 9.80 Å². The normalized spacial score (nSPS) is 24.1. The van der Waals surface area contributed by atoms with E-state index in [1.165, 1.54) is 32.5 Å². The molecule has 0 spiro atoms. The van der Waals surface area contributed by atoms with Gasteiger partial charge in [0.05, 0.1) is 0 Å². The fraction of sp³-hybridized carbons (Fsp3) is 0.944. The lowest BCUT2D eigenvalue weighted by Gasteiger charge is -2.42. The number of Topliss-reactive ketones (excluding diaryl/α,β-unsaturated/α-hetero) is 1. The van der Waals surface area contributed by atoms with E-state index in [2.05, 4.69) is 23.6 Å². The summed E-state index contributed by atoms with van der Waals surface area (Å²) in [5, 5.41) is 0. The predicted octanol–water partition coefficient (Wildman–Crippen LogP) is 3.04. The molecule has 0 saturated carbocycles. The third kappa shape index (κ3) is 4.79. The highest BCUT2D eigenvalue weighted by atomic mass is 16.1. The van der Waals surface area contributed by atoms with Crippen LogP contribution in [0.5, 0.6) is 0 Å². The Balaban J connectivity index is 1.73. The number of hydrogen-bond donors (Lipinski definition) is 0. The molecule has 0 aliphatic carbocycles. The molecule has 2 heterocycles. The van der Waals surface area contributed by atoms with Crippen LogP contribution in [0.3, 0.4) is 0 Å². The van der Waals surface area contributed by atoms with E-state index in [1.807, 2.05) is 13.8 Å². The first kappa shape index (κ1) is 17.0. The zero-order chi connectivity index (χ0) is 15.4. The lowest BCUT2D eigenvalue weighted by atomic mass is 9.86.